The van der Waals surface area contributed by atoms with E-state index in [9.17, 15) is 0 Å². The number of para-hydroxylation sites is 1. The van der Waals surface area contributed by atoms with Gasteiger partial charge in [0.1, 0.15) is 0 Å². The lowest BCUT2D eigenvalue weighted by Gasteiger charge is -2.13. The molecule has 14 heavy (non-hydrogen) atoms. The molecule has 0 aliphatic carbocycles. The fraction of sp³-hybridized carbons (Fsp3) is 0.500. The van der Waals surface area contributed by atoms with Crippen LogP contribution in [0.4, 0.5) is 11.4 Å². The average molecular weight is 192 g/mol. The van der Waals surface area contributed by atoms with Gasteiger partial charge in [-0.2, -0.15) is 0 Å². The Labute approximate surface area is 86.5 Å². The van der Waals surface area contributed by atoms with Crippen LogP contribution in [0, 0.1) is 12.8 Å². The quantitative estimate of drug-likeness (QED) is 0.720. The van der Waals surface area contributed by atoms with Crippen LogP contribution in [0.3, 0.4) is 0 Å². The molecular formula is C12H20N2. The second-order valence-electron chi connectivity index (χ2n) is 4.15. The molecule has 0 aromatic heterocycles. The van der Waals surface area contributed by atoms with Gasteiger partial charge in [0.25, 0.3) is 0 Å². The van der Waals surface area contributed by atoms with Crippen molar-refractivity contribution < 1.29 is 0 Å². The van der Waals surface area contributed by atoms with E-state index in [1.54, 1.807) is 0 Å². The Kier molecular flexibility index (Phi) is 3.81. The minimum absolute atomic E-state index is 0.729. The maximum Gasteiger partial charge on any atom is 0.0603 e. The number of benzene rings is 1. The standard InChI is InChI=1S/C12H20N2/c1-9(2)7-8-14-12-10(3)5-4-6-11(12)13/h4-6,9,14H,7-8,13H2,1-3H3. The topological polar surface area (TPSA) is 38.0 Å². The van der Waals surface area contributed by atoms with E-state index in [-0.39, 0.29) is 0 Å². The highest BCUT2D eigenvalue weighted by Gasteiger charge is 2.01. The third kappa shape index (κ3) is 2.95. The molecule has 0 atom stereocenters. The first-order valence-corrected chi connectivity index (χ1v) is 5.20. The number of rotatable bonds is 4. The zero-order valence-corrected chi connectivity index (χ0v) is 9.30. The number of nitrogens with one attached hydrogen (secondary N) is 1. The van der Waals surface area contributed by atoms with Crippen molar-refractivity contribution in [2.24, 2.45) is 5.92 Å². The first-order valence-electron chi connectivity index (χ1n) is 5.20. The van der Waals surface area contributed by atoms with E-state index in [1.807, 2.05) is 12.1 Å². The Morgan fingerprint density at radius 3 is 2.64 bits per heavy atom. The number of nitrogens with two attached hydrogens (primary N) is 1. The van der Waals surface area contributed by atoms with Gasteiger partial charge < -0.3 is 11.1 Å². The van der Waals surface area contributed by atoms with Crippen molar-refractivity contribution in [3.8, 4) is 0 Å². The number of aryl methyl sites for hydroxylation is 1. The van der Waals surface area contributed by atoms with Gasteiger partial charge in [-0.3, -0.25) is 0 Å². The Morgan fingerprint density at radius 1 is 1.36 bits per heavy atom. The predicted octanol–water partition coefficient (Wildman–Crippen LogP) is 3.04. The van der Waals surface area contributed by atoms with Gasteiger partial charge in [-0.05, 0) is 30.9 Å². The van der Waals surface area contributed by atoms with Crippen molar-refractivity contribution in [3.05, 3.63) is 23.8 Å². The summed E-state index contributed by atoms with van der Waals surface area (Å²) in [5.41, 5.74) is 9.02. The summed E-state index contributed by atoms with van der Waals surface area (Å²) in [4.78, 5) is 0. The van der Waals surface area contributed by atoms with Gasteiger partial charge >= 0.3 is 0 Å². The molecule has 0 spiro atoms. The maximum atomic E-state index is 5.88. The van der Waals surface area contributed by atoms with E-state index >= 15 is 0 Å². The molecule has 1 aromatic rings. The molecule has 0 radical (unpaired) electrons. The van der Waals surface area contributed by atoms with Crippen LogP contribution in [0.5, 0.6) is 0 Å². The molecule has 2 heteroatoms. The molecule has 0 saturated carbocycles. The first kappa shape index (κ1) is 10.9. The highest BCUT2D eigenvalue weighted by Crippen LogP contribution is 2.22. The van der Waals surface area contributed by atoms with Gasteiger partial charge in [0.15, 0.2) is 0 Å². The van der Waals surface area contributed by atoms with Crippen LogP contribution >= 0.6 is 0 Å². The number of anilines is 2. The fourth-order valence-corrected chi connectivity index (χ4v) is 1.42. The minimum atomic E-state index is 0.729. The van der Waals surface area contributed by atoms with E-state index in [4.69, 9.17) is 5.73 Å². The van der Waals surface area contributed by atoms with E-state index in [0.29, 0.717) is 0 Å². The van der Waals surface area contributed by atoms with Crippen LogP contribution in [0.15, 0.2) is 18.2 Å². The summed E-state index contributed by atoms with van der Waals surface area (Å²) in [6, 6.07) is 6.00. The van der Waals surface area contributed by atoms with Crippen LogP contribution in [0.25, 0.3) is 0 Å². The zero-order valence-electron chi connectivity index (χ0n) is 9.30. The summed E-state index contributed by atoms with van der Waals surface area (Å²) in [6.45, 7) is 7.52. The molecule has 0 fully saturated rings. The lowest BCUT2D eigenvalue weighted by atomic mass is 10.1. The zero-order chi connectivity index (χ0) is 10.6. The first-order chi connectivity index (χ1) is 6.61. The van der Waals surface area contributed by atoms with Crippen LogP contribution < -0.4 is 11.1 Å². The molecule has 2 nitrogen and oxygen atoms in total. The average Bonchev–Trinajstić information content (AvgIpc) is 2.09. The summed E-state index contributed by atoms with van der Waals surface area (Å²) in [5.74, 6) is 0.729. The largest absolute Gasteiger partial charge is 0.397 e. The van der Waals surface area contributed by atoms with Crippen molar-refractivity contribution in [3.63, 3.8) is 0 Å². The number of hydrogen-bond acceptors (Lipinski definition) is 2. The summed E-state index contributed by atoms with van der Waals surface area (Å²) < 4.78 is 0. The third-order valence-corrected chi connectivity index (χ3v) is 2.33. The predicted molar refractivity (Wildman–Crippen MR) is 63.5 cm³/mol. The second-order valence-corrected chi connectivity index (χ2v) is 4.15. The molecule has 1 rings (SSSR count). The monoisotopic (exact) mass is 192 g/mol. The highest BCUT2D eigenvalue weighted by atomic mass is 14.9. The Morgan fingerprint density at radius 2 is 2.07 bits per heavy atom. The van der Waals surface area contributed by atoms with Crippen molar-refractivity contribution in [1.82, 2.24) is 0 Å². The molecule has 0 amide bonds. The Balaban J connectivity index is 2.58. The molecular weight excluding hydrogens is 172 g/mol. The molecule has 78 valence electrons. The minimum Gasteiger partial charge on any atom is -0.397 e. The molecule has 0 aliphatic heterocycles. The van der Waals surface area contributed by atoms with Crippen LogP contribution in [-0.2, 0) is 0 Å². The normalized spacial score (nSPS) is 10.6. The third-order valence-electron chi connectivity index (χ3n) is 2.33. The van der Waals surface area contributed by atoms with Gasteiger partial charge in [-0.25, -0.2) is 0 Å². The summed E-state index contributed by atoms with van der Waals surface area (Å²) >= 11 is 0. The highest BCUT2D eigenvalue weighted by molar-refractivity contribution is 5.69. The molecule has 0 unspecified atom stereocenters. The molecule has 1 aromatic carbocycles. The van der Waals surface area contributed by atoms with Gasteiger partial charge in [-0.15, -0.1) is 0 Å². The van der Waals surface area contributed by atoms with Crippen molar-refractivity contribution >= 4 is 11.4 Å². The van der Waals surface area contributed by atoms with Crippen LogP contribution in [-0.4, -0.2) is 6.54 Å². The number of hydrogen-bond donors (Lipinski definition) is 2. The van der Waals surface area contributed by atoms with Crippen LogP contribution in [0.2, 0.25) is 0 Å². The molecule has 3 N–H and O–H groups in total. The van der Waals surface area contributed by atoms with E-state index < -0.39 is 0 Å². The van der Waals surface area contributed by atoms with Crippen molar-refractivity contribution in [2.45, 2.75) is 27.2 Å². The van der Waals surface area contributed by atoms with E-state index in [1.165, 1.54) is 12.0 Å². The van der Waals surface area contributed by atoms with Crippen molar-refractivity contribution in [1.29, 1.82) is 0 Å². The summed E-state index contributed by atoms with van der Waals surface area (Å²) in [5, 5.41) is 3.39. The summed E-state index contributed by atoms with van der Waals surface area (Å²) in [7, 11) is 0. The van der Waals surface area contributed by atoms with E-state index in [2.05, 4.69) is 32.2 Å². The molecule has 0 saturated heterocycles. The van der Waals surface area contributed by atoms with E-state index in [0.717, 1.165) is 23.8 Å². The van der Waals surface area contributed by atoms with Crippen LogP contribution in [0.1, 0.15) is 25.8 Å². The summed E-state index contributed by atoms with van der Waals surface area (Å²) in [6.07, 6.45) is 1.17. The lowest BCUT2D eigenvalue weighted by molar-refractivity contribution is 0.607. The Hall–Kier alpha value is -1.18. The number of nitrogen functional groups attached to an aromatic ring is 1. The van der Waals surface area contributed by atoms with Gasteiger partial charge in [0.05, 0.1) is 11.4 Å². The fourth-order valence-electron chi connectivity index (χ4n) is 1.42. The SMILES string of the molecule is Cc1cccc(N)c1NCCC(C)C. The second kappa shape index (κ2) is 4.89. The Bertz CT molecular complexity index is 272. The molecule has 0 bridgehead atoms. The van der Waals surface area contributed by atoms with Gasteiger partial charge in [0.2, 0.25) is 0 Å². The lowest BCUT2D eigenvalue weighted by Crippen LogP contribution is -2.07. The van der Waals surface area contributed by atoms with Crippen molar-refractivity contribution in [2.75, 3.05) is 17.6 Å². The van der Waals surface area contributed by atoms with Gasteiger partial charge in [-0.1, -0.05) is 26.0 Å². The maximum absolute atomic E-state index is 5.88. The van der Waals surface area contributed by atoms with Gasteiger partial charge in [0, 0.05) is 6.54 Å². The smallest absolute Gasteiger partial charge is 0.0603 e. The molecule has 0 aliphatic rings. The molecule has 0 heterocycles.